The lowest BCUT2D eigenvalue weighted by Gasteiger charge is -2.00. The number of hydrogen-bond donors (Lipinski definition) is 1. The maximum absolute atomic E-state index is 4.39. The van der Waals surface area contributed by atoms with Gasteiger partial charge in [0.1, 0.15) is 0 Å². The Morgan fingerprint density at radius 3 is 2.80 bits per heavy atom. The average Bonchev–Trinajstić information content (AvgIpc) is 2.70. The molecule has 1 N–H and O–H groups in total. The molecule has 0 unspecified atom stereocenters. The normalized spacial score (nSPS) is 10.6. The molecule has 0 amide bonds. The summed E-state index contributed by atoms with van der Waals surface area (Å²) in [5.41, 5.74) is 2.16. The highest BCUT2D eigenvalue weighted by Crippen LogP contribution is 2.18. The van der Waals surface area contributed by atoms with Crippen molar-refractivity contribution in [2.45, 2.75) is 20.4 Å². The fraction of sp³-hybridized carbons (Fsp3) is 0.400. The van der Waals surface area contributed by atoms with E-state index >= 15 is 0 Å². The fourth-order valence-electron chi connectivity index (χ4n) is 1.43. The van der Waals surface area contributed by atoms with E-state index in [2.05, 4.69) is 15.4 Å². The predicted octanol–water partition coefficient (Wildman–Crippen LogP) is 2.11. The average molecular weight is 222 g/mol. The quantitative estimate of drug-likeness (QED) is 0.865. The molecule has 5 heteroatoms. The first kappa shape index (κ1) is 10.2. The molecule has 4 nitrogen and oxygen atoms in total. The molecule has 0 bridgehead atoms. The van der Waals surface area contributed by atoms with Crippen LogP contribution in [0.3, 0.4) is 0 Å². The summed E-state index contributed by atoms with van der Waals surface area (Å²) in [6.07, 6.45) is 3.78. The molecule has 80 valence electrons. The van der Waals surface area contributed by atoms with Gasteiger partial charge in [-0.1, -0.05) is 0 Å². The Morgan fingerprint density at radius 1 is 1.47 bits per heavy atom. The van der Waals surface area contributed by atoms with Crippen molar-refractivity contribution < 1.29 is 0 Å². The molecule has 2 heterocycles. The molecule has 0 saturated heterocycles. The highest BCUT2D eigenvalue weighted by Gasteiger charge is 2.04. The molecule has 0 aromatic carbocycles. The zero-order valence-corrected chi connectivity index (χ0v) is 9.93. The van der Waals surface area contributed by atoms with Crippen LogP contribution < -0.4 is 5.32 Å². The summed E-state index contributed by atoms with van der Waals surface area (Å²) in [7, 11) is 1.91. The zero-order valence-electron chi connectivity index (χ0n) is 9.11. The van der Waals surface area contributed by atoms with Crippen LogP contribution in [0.15, 0.2) is 12.4 Å². The number of rotatable bonds is 3. The highest BCUT2D eigenvalue weighted by molar-refractivity contribution is 7.11. The van der Waals surface area contributed by atoms with Crippen LogP contribution in [0, 0.1) is 13.8 Å². The van der Waals surface area contributed by atoms with Gasteiger partial charge in [-0.05, 0) is 13.8 Å². The number of thiazole rings is 1. The van der Waals surface area contributed by atoms with Crippen LogP contribution in [0.2, 0.25) is 0 Å². The smallest absolute Gasteiger partial charge is 0.0900 e. The highest BCUT2D eigenvalue weighted by atomic mass is 32.1. The molecule has 2 aromatic heterocycles. The Labute approximate surface area is 93.0 Å². The third-order valence-electron chi connectivity index (χ3n) is 2.16. The molecule has 0 aliphatic heterocycles. The first-order chi connectivity index (χ1) is 7.15. The lowest BCUT2D eigenvalue weighted by atomic mass is 10.4. The second-order valence-electron chi connectivity index (χ2n) is 3.50. The van der Waals surface area contributed by atoms with Crippen molar-refractivity contribution in [3.8, 4) is 0 Å². The maximum Gasteiger partial charge on any atom is 0.0900 e. The molecule has 0 aliphatic rings. The SMILES string of the molecule is Cc1nc(C)c(CNc2cnn(C)c2)s1. The molecule has 15 heavy (non-hydrogen) atoms. The summed E-state index contributed by atoms with van der Waals surface area (Å²) < 4.78 is 1.78. The van der Waals surface area contributed by atoms with E-state index in [1.165, 1.54) is 4.88 Å². The largest absolute Gasteiger partial charge is 0.378 e. The number of hydrogen-bond acceptors (Lipinski definition) is 4. The summed E-state index contributed by atoms with van der Waals surface area (Å²) in [5.74, 6) is 0. The van der Waals surface area contributed by atoms with Crippen LogP contribution in [0.4, 0.5) is 5.69 Å². The van der Waals surface area contributed by atoms with Gasteiger partial charge in [0.25, 0.3) is 0 Å². The number of nitrogens with zero attached hydrogens (tertiary/aromatic N) is 3. The standard InChI is InChI=1S/C10H14N4S/c1-7-10(15-8(2)13-7)5-11-9-4-12-14(3)6-9/h4,6,11H,5H2,1-3H3. The van der Waals surface area contributed by atoms with Crippen LogP contribution in [0.5, 0.6) is 0 Å². The van der Waals surface area contributed by atoms with E-state index in [-0.39, 0.29) is 0 Å². The van der Waals surface area contributed by atoms with Crippen molar-refractivity contribution in [1.82, 2.24) is 14.8 Å². The summed E-state index contributed by atoms with van der Waals surface area (Å²) in [6, 6.07) is 0. The molecular weight excluding hydrogens is 208 g/mol. The van der Waals surface area contributed by atoms with E-state index in [4.69, 9.17) is 0 Å². The van der Waals surface area contributed by atoms with Gasteiger partial charge in [-0.15, -0.1) is 11.3 Å². The molecule has 0 saturated carbocycles. The van der Waals surface area contributed by atoms with Gasteiger partial charge in [0.15, 0.2) is 0 Å². The van der Waals surface area contributed by atoms with Gasteiger partial charge in [-0.25, -0.2) is 4.98 Å². The van der Waals surface area contributed by atoms with E-state index in [1.54, 1.807) is 16.0 Å². The number of anilines is 1. The summed E-state index contributed by atoms with van der Waals surface area (Å²) in [4.78, 5) is 5.67. The minimum absolute atomic E-state index is 0.822. The van der Waals surface area contributed by atoms with E-state index in [1.807, 2.05) is 33.3 Å². The Kier molecular flexibility index (Phi) is 2.73. The molecule has 0 atom stereocenters. The predicted molar refractivity (Wildman–Crippen MR) is 62.1 cm³/mol. The van der Waals surface area contributed by atoms with E-state index in [0.29, 0.717) is 0 Å². The van der Waals surface area contributed by atoms with Crippen molar-refractivity contribution >= 4 is 17.0 Å². The first-order valence-electron chi connectivity index (χ1n) is 4.80. The Bertz CT molecular complexity index is 458. The molecule has 0 fully saturated rings. The lowest BCUT2D eigenvalue weighted by Crippen LogP contribution is -1.97. The molecule has 2 rings (SSSR count). The number of nitrogens with one attached hydrogen (secondary N) is 1. The van der Waals surface area contributed by atoms with E-state index in [9.17, 15) is 0 Å². The third kappa shape index (κ3) is 2.36. The second kappa shape index (κ2) is 4.02. The number of aromatic nitrogens is 3. The van der Waals surface area contributed by atoms with Crippen LogP contribution in [-0.4, -0.2) is 14.8 Å². The zero-order chi connectivity index (χ0) is 10.8. The molecule has 0 spiro atoms. The topological polar surface area (TPSA) is 42.7 Å². The van der Waals surface area contributed by atoms with Crippen molar-refractivity contribution in [2.24, 2.45) is 7.05 Å². The van der Waals surface area contributed by atoms with Gasteiger partial charge in [0, 0.05) is 18.1 Å². The fourth-order valence-corrected chi connectivity index (χ4v) is 2.31. The van der Waals surface area contributed by atoms with E-state index in [0.717, 1.165) is 22.9 Å². The minimum Gasteiger partial charge on any atom is -0.378 e. The summed E-state index contributed by atoms with van der Waals surface area (Å²) in [6.45, 7) is 4.90. The van der Waals surface area contributed by atoms with Crippen molar-refractivity contribution in [3.05, 3.63) is 28.0 Å². The maximum atomic E-state index is 4.39. The van der Waals surface area contributed by atoms with Gasteiger partial charge in [-0.2, -0.15) is 5.10 Å². The Hall–Kier alpha value is -1.36. The molecular formula is C10H14N4S. The minimum atomic E-state index is 0.822. The first-order valence-corrected chi connectivity index (χ1v) is 5.62. The summed E-state index contributed by atoms with van der Waals surface area (Å²) in [5, 5.41) is 8.54. The Balaban J connectivity index is 2.01. The van der Waals surface area contributed by atoms with Crippen molar-refractivity contribution in [2.75, 3.05) is 5.32 Å². The van der Waals surface area contributed by atoms with Crippen molar-refractivity contribution in [3.63, 3.8) is 0 Å². The lowest BCUT2D eigenvalue weighted by molar-refractivity contribution is 0.768. The van der Waals surface area contributed by atoms with Gasteiger partial charge in [0.2, 0.25) is 0 Å². The van der Waals surface area contributed by atoms with Gasteiger partial charge in [-0.3, -0.25) is 4.68 Å². The molecule has 0 radical (unpaired) electrons. The van der Waals surface area contributed by atoms with Crippen LogP contribution in [0.1, 0.15) is 15.6 Å². The summed E-state index contributed by atoms with van der Waals surface area (Å²) >= 11 is 1.74. The molecule has 0 aliphatic carbocycles. The third-order valence-corrected chi connectivity index (χ3v) is 3.23. The van der Waals surface area contributed by atoms with Crippen LogP contribution >= 0.6 is 11.3 Å². The van der Waals surface area contributed by atoms with Crippen molar-refractivity contribution in [1.29, 1.82) is 0 Å². The molecule has 2 aromatic rings. The Morgan fingerprint density at radius 2 is 2.27 bits per heavy atom. The number of aryl methyl sites for hydroxylation is 3. The van der Waals surface area contributed by atoms with Gasteiger partial charge < -0.3 is 5.32 Å². The van der Waals surface area contributed by atoms with Crippen LogP contribution in [-0.2, 0) is 13.6 Å². The van der Waals surface area contributed by atoms with Gasteiger partial charge in [0.05, 0.1) is 29.1 Å². The van der Waals surface area contributed by atoms with Crippen LogP contribution in [0.25, 0.3) is 0 Å². The monoisotopic (exact) mass is 222 g/mol. The second-order valence-corrected chi connectivity index (χ2v) is 4.79. The van der Waals surface area contributed by atoms with E-state index < -0.39 is 0 Å². The van der Waals surface area contributed by atoms with Gasteiger partial charge >= 0.3 is 0 Å².